The number of sulfonamides is 1. The highest BCUT2D eigenvalue weighted by molar-refractivity contribution is 7.92. The Kier molecular flexibility index (Phi) is 7.82. The van der Waals surface area contributed by atoms with E-state index in [1.54, 1.807) is 19.1 Å². The number of hydrogen-bond acceptors (Lipinski definition) is 4. The lowest BCUT2D eigenvalue weighted by Gasteiger charge is -2.24. The van der Waals surface area contributed by atoms with E-state index in [0.29, 0.717) is 16.1 Å². The molecule has 6 nitrogen and oxygen atoms in total. The van der Waals surface area contributed by atoms with Gasteiger partial charge in [-0.15, -0.1) is 0 Å². The highest BCUT2D eigenvalue weighted by atomic mass is 35.5. The van der Waals surface area contributed by atoms with Gasteiger partial charge in [0.25, 0.3) is 0 Å². The summed E-state index contributed by atoms with van der Waals surface area (Å²) in [5.41, 5.74) is -0.605. The van der Waals surface area contributed by atoms with Crippen molar-refractivity contribution in [1.29, 1.82) is 0 Å². The number of carbonyl (C=O) groups excluding carboxylic acids is 1. The average molecular weight is 479 g/mol. The van der Waals surface area contributed by atoms with Gasteiger partial charge in [0.05, 0.1) is 28.6 Å². The summed E-state index contributed by atoms with van der Waals surface area (Å²) >= 11 is 5.59. The molecule has 0 aliphatic rings. The summed E-state index contributed by atoms with van der Waals surface area (Å²) in [6, 6.07) is 9.46. The van der Waals surface area contributed by atoms with Crippen LogP contribution in [0.2, 0.25) is 5.02 Å². The number of benzene rings is 2. The van der Waals surface area contributed by atoms with E-state index < -0.39 is 45.3 Å². The largest absolute Gasteiger partial charge is 0.491 e. The minimum Gasteiger partial charge on any atom is -0.491 e. The van der Waals surface area contributed by atoms with Gasteiger partial charge in [-0.25, -0.2) is 8.42 Å². The van der Waals surface area contributed by atoms with E-state index in [1.807, 2.05) is 19.1 Å². The van der Waals surface area contributed by atoms with Crippen LogP contribution < -0.4 is 14.4 Å². The molecule has 2 aromatic carbocycles. The molecule has 0 bridgehead atoms. The maximum Gasteiger partial charge on any atom is 0.417 e. The third-order valence-corrected chi connectivity index (χ3v) is 5.69. The van der Waals surface area contributed by atoms with Crippen molar-refractivity contribution < 1.29 is 31.1 Å². The van der Waals surface area contributed by atoms with Crippen LogP contribution in [-0.2, 0) is 21.0 Å². The van der Waals surface area contributed by atoms with Gasteiger partial charge in [-0.05, 0) is 43.7 Å². The number of para-hydroxylation sites is 1. The minimum absolute atomic E-state index is 0.120. The van der Waals surface area contributed by atoms with Crippen molar-refractivity contribution in [2.75, 3.05) is 23.7 Å². The van der Waals surface area contributed by atoms with Gasteiger partial charge in [-0.1, -0.05) is 29.8 Å². The van der Waals surface area contributed by atoms with Crippen LogP contribution in [0.25, 0.3) is 0 Å². The summed E-state index contributed by atoms with van der Waals surface area (Å²) in [6.07, 6.45) is -3.98. The highest BCUT2D eigenvalue weighted by Gasteiger charge is 2.34. The number of anilines is 1. The predicted octanol–water partition coefficient (Wildman–Crippen LogP) is 4.02. The van der Waals surface area contributed by atoms with Crippen LogP contribution in [0.5, 0.6) is 5.75 Å². The number of nitrogens with zero attached hydrogens (tertiary/aromatic N) is 1. The van der Waals surface area contributed by atoms with Gasteiger partial charge in [0.15, 0.2) is 0 Å². The molecule has 11 heteroatoms. The first-order valence-corrected chi connectivity index (χ1v) is 11.3. The van der Waals surface area contributed by atoms with Crippen LogP contribution in [0.15, 0.2) is 42.5 Å². The van der Waals surface area contributed by atoms with E-state index in [0.717, 1.165) is 24.0 Å². The molecule has 0 radical (unpaired) electrons. The molecule has 0 heterocycles. The third-order valence-electron chi connectivity index (χ3n) is 4.22. The van der Waals surface area contributed by atoms with Crippen LogP contribution in [0.1, 0.15) is 18.1 Å². The quantitative estimate of drug-likeness (QED) is 0.622. The van der Waals surface area contributed by atoms with Gasteiger partial charge in [-0.3, -0.25) is 9.10 Å². The van der Waals surface area contributed by atoms with E-state index in [2.05, 4.69) is 5.32 Å². The number of halogens is 4. The van der Waals surface area contributed by atoms with E-state index >= 15 is 0 Å². The Balaban J connectivity index is 2.11. The molecular formula is C20H22ClF3N2O4S. The fraction of sp³-hybridized carbons (Fsp3) is 0.350. The van der Waals surface area contributed by atoms with E-state index in [1.165, 1.54) is 0 Å². The molecule has 1 amide bonds. The van der Waals surface area contributed by atoms with E-state index in [-0.39, 0.29) is 12.3 Å². The Bertz CT molecular complexity index is 1040. The van der Waals surface area contributed by atoms with Gasteiger partial charge in [0, 0.05) is 0 Å². The molecule has 0 fully saturated rings. The van der Waals surface area contributed by atoms with Crippen molar-refractivity contribution in [3.05, 3.63) is 58.6 Å². The monoisotopic (exact) mass is 478 g/mol. The summed E-state index contributed by atoms with van der Waals surface area (Å²) in [4.78, 5) is 12.4. The second-order valence-corrected chi connectivity index (χ2v) is 9.29. The van der Waals surface area contributed by atoms with Gasteiger partial charge in [-0.2, -0.15) is 13.2 Å². The topological polar surface area (TPSA) is 75.7 Å². The van der Waals surface area contributed by atoms with Gasteiger partial charge in [0.1, 0.15) is 18.9 Å². The lowest BCUT2D eigenvalue weighted by Crippen LogP contribution is -2.45. The zero-order chi connectivity index (χ0) is 23.4. The first kappa shape index (κ1) is 24.8. The van der Waals surface area contributed by atoms with Crippen molar-refractivity contribution in [1.82, 2.24) is 5.32 Å². The van der Waals surface area contributed by atoms with Gasteiger partial charge < -0.3 is 10.1 Å². The molecular weight excluding hydrogens is 457 g/mol. The predicted molar refractivity (Wildman–Crippen MR) is 113 cm³/mol. The average Bonchev–Trinajstić information content (AvgIpc) is 2.64. The fourth-order valence-electron chi connectivity index (χ4n) is 2.71. The second kappa shape index (κ2) is 9.78. The van der Waals surface area contributed by atoms with Gasteiger partial charge >= 0.3 is 6.18 Å². The molecule has 0 spiro atoms. The molecule has 0 saturated heterocycles. The second-order valence-electron chi connectivity index (χ2n) is 6.98. The van der Waals surface area contributed by atoms with Crippen molar-refractivity contribution in [3.8, 4) is 5.75 Å². The molecule has 1 N–H and O–H groups in total. The van der Waals surface area contributed by atoms with Crippen molar-refractivity contribution >= 4 is 33.2 Å². The molecule has 0 aliphatic heterocycles. The molecule has 31 heavy (non-hydrogen) atoms. The van der Waals surface area contributed by atoms with Crippen LogP contribution in [0.3, 0.4) is 0 Å². The van der Waals surface area contributed by atoms with Crippen LogP contribution in [0, 0.1) is 6.92 Å². The number of nitrogens with one attached hydrogen (secondary N) is 1. The number of carbonyl (C=O) groups is 1. The van der Waals surface area contributed by atoms with Crippen LogP contribution in [-0.4, -0.2) is 39.8 Å². The molecule has 0 saturated carbocycles. The lowest BCUT2D eigenvalue weighted by atomic mass is 10.2. The first-order chi connectivity index (χ1) is 14.3. The van der Waals surface area contributed by atoms with Gasteiger partial charge in [0.2, 0.25) is 15.9 Å². The number of ether oxygens (including phenoxy) is 1. The number of alkyl halides is 3. The number of amides is 1. The van der Waals surface area contributed by atoms with Crippen molar-refractivity contribution in [2.24, 2.45) is 0 Å². The Morgan fingerprint density at radius 2 is 1.87 bits per heavy atom. The Morgan fingerprint density at radius 3 is 2.45 bits per heavy atom. The molecule has 2 rings (SSSR count). The zero-order valence-corrected chi connectivity index (χ0v) is 18.6. The highest BCUT2D eigenvalue weighted by Crippen LogP contribution is 2.37. The molecule has 170 valence electrons. The maximum absolute atomic E-state index is 13.1. The number of hydrogen-bond donors (Lipinski definition) is 1. The van der Waals surface area contributed by atoms with E-state index in [9.17, 15) is 26.4 Å². The maximum atomic E-state index is 13.1. The van der Waals surface area contributed by atoms with Crippen LogP contribution >= 0.6 is 11.6 Å². The number of aryl methyl sites for hydroxylation is 1. The Labute approximate surface area is 184 Å². The Hall–Kier alpha value is -2.46. The summed E-state index contributed by atoms with van der Waals surface area (Å²) in [6.45, 7) is 2.94. The minimum atomic E-state index is -4.78. The van der Waals surface area contributed by atoms with Crippen LogP contribution in [0.4, 0.5) is 18.9 Å². The summed E-state index contributed by atoms with van der Waals surface area (Å²) in [7, 11) is -4.05. The smallest absolute Gasteiger partial charge is 0.417 e. The molecule has 0 aliphatic carbocycles. The normalized spacial score (nSPS) is 12.9. The molecule has 2 aromatic rings. The van der Waals surface area contributed by atoms with Crippen molar-refractivity contribution in [3.63, 3.8) is 0 Å². The summed E-state index contributed by atoms with van der Waals surface area (Å²) in [5.74, 6) is -0.0583. The fourth-order valence-corrected chi connectivity index (χ4v) is 3.78. The Morgan fingerprint density at radius 1 is 1.23 bits per heavy atom. The zero-order valence-electron chi connectivity index (χ0n) is 17.0. The number of rotatable bonds is 8. The lowest BCUT2D eigenvalue weighted by molar-refractivity contribution is -0.137. The SMILES string of the molecule is Cc1ccccc1OCC(C)NC(=O)CN(c1ccc(Cl)c(C(F)(F)F)c1)S(C)(=O)=O. The summed E-state index contributed by atoms with van der Waals surface area (Å²) < 4.78 is 69.9. The molecule has 1 atom stereocenters. The summed E-state index contributed by atoms with van der Waals surface area (Å²) in [5, 5.41) is 2.01. The van der Waals surface area contributed by atoms with E-state index in [4.69, 9.17) is 16.3 Å². The molecule has 1 unspecified atom stereocenters. The standard InChI is InChI=1S/C20H22ClF3N2O4S/c1-13-6-4-5-7-18(13)30-12-14(2)25-19(27)11-26(31(3,28)29)15-8-9-17(21)16(10-15)20(22,23)24/h4-10,14H,11-12H2,1-3H3,(H,25,27). The molecule has 0 aromatic heterocycles. The first-order valence-electron chi connectivity index (χ1n) is 9.11. The third kappa shape index (κ3) is 7.03. The van der Waals surface area contributed by atoms with Crippen molar-refractivity contribution in [2.45, 2.75) is 26.1 Å².